The molecule has 1 aromatic rings. The molecular formula is C23H36N4O5. The molecule has 0 saturated heterocycles. The summed E-state index contributed by atoms with van der Waals surface area (Å²) in [6, 6.07) is 6.72. The van der Waals surface area contributed by atoms with Crippen molar-refractivity contribution < 1.29 is 23.9 Å². The highest BCUT2D eigenvalue weighted by molar-refractivity contribution is 5.92. The first-order valence-electron chi connectivity index (χ1n) is 10.8. The van der Waals surface area contributed by atoms with Gasteiger partial charge in [0, 0.05) is 6.42 Å². The molecule has 0 aliphatic heterocycles. The van der Waals surface area contributed by atoms with Crippen LogP contribution < -0.4 is 21.7 Å². The number of hydrogen-bond donors (Lipinski definition) is 4. The van der Waals surface area contributed by atoms with Crippen LogP contribution >= 0.6 is 0 Å². The molecule has 0 spiro atoms. The Morgan fingerprint density at radius 2 is 1.59 bits per heavy atom. The van der Waals surface area contributed by atoms with Crippen LogP contribution in [0.25, 0.3) is 0 Å². The highest BCUT2D eigenvalue weighted by atomic mass is 16.5. The van der Waals surface area contributed by atoms with E-state index in [4.69, 9.17) is 10.5 Å². The van der Waals surface area contributed by atoms with Gasteiger partial charge < -0.3 is 26.4 Å². The zero-order valence-corrected chi connectivity index (χ0v) is 19.5. The molecule has 0 heterocycles. The molecule has 3 amide bonds. The molecule has 0 saturated carbocycles. The Hall–Kier alpha value is -2.94. The highest BCUT2D eigenvalue weighted by Gasteiger charge is 2.29. The summed E-state index contributed by atoms with van der Waals surface area (Å²) in [6.07, 6.45) is 0.753. The monoisotopic (exact) mass is 448 g/mol. The summed E-state index contributed by atoms with van der Waals surface area (Å²) in [4.78, 5) is 49.4. The van der Waals surface area contributed by atoms with Crippen molar-refractivity contribution in [3.05, 3.63) is 35.9 Å². The van der Waals surface area contributed by atoms with Gasteiger partial charge in [0.1, 0.15) is 12.1 Å². The summed E-state index contributed by atoms with van der Waals surface area (Å²) in [5.41, 5.74) is 6.67. The average molecular weight is 449 g/mol. The van der Waals surface area contributed by atoms with Gasteiger partial charge in [0.15, 0.2) is 0 Å². The van der Waals surface area contributed by atoms with E-state index in [1.807, 2.05) is 44.2 Å². The summed E-state index contributed by atoms with van der Waals surface area (Å²) < 4.78 is 4.82. The Bertz CT molecular complexity index is 767. The molecule has 1 rings (SSSR count). The lowest BCUT2D eigenvalue weighted by molar-refractivity contribution is -0.145. The molecule has 0 aliphatic carbocycles. The lowest BCUT2D eigenvalue weighted by Gasteiger charge is -2.25. The van der Waals surface area contributed by atoms with Gasteiger partial charge in [0.25, 0.3) is 0 Å². The molecule has 0 unspecified atom stereocenters. The van der Waals surface area contributed by atoms with Crippen LogP contribution in [0.3, 0.4) is 0 Å². The Morgan fingerprint density at radius 3 is 2.12 bits per heavy atom. The fourth-order valence-corrected chi connectivity index (χ4v) is 3.12. The largest absolute Gasteiger partial charge is 0.467 e. The first kappa shape index (κ1) is 27.1. The number of hydrogen-bond acceptors (Lipinski definition) is 6. The van der Waals surface area contributed by atoms with Gasteiger partial charge in [-0.2, -0.15) is 0 Å². The maximum atomic E-state index is 12.9. The molecule has 0 fully saturated rings. The minimum Gasteiger partial charge on any atom is -0.467 e. The molecule has 1 aromatic carbocycles. The number of methoxy groups -OCH3 is 1. The molecule has 0 radical (unpaired) electrons. The van der Waals surface area contributed by atoms with Crippen LogP contribution in [0.2, 0.25) is 0 Å². The van der Waals surface area contributed by atoms with Gasteiger partial charge in [-0.05, 0) is 23.8 Å². The van der Waals surface area contributed by atoms with Gasteiger partial charge in [-0.1, -0.05) is 58.0 Å². The van der Waals surface area contributed by atoms with Crippen LogP contribution in [0.1, 0.15) is 39.7 Å². The first-order valence-corrected chi connectivity index (χ1v) is 10.8. The van der Waals surface area contributed by atoms with E-state index < -0.39 is 41.8 Å². The quantitative estimate of drug-likeness (QED) is 0.344. The standard InChI is InChI=1S/C23H36N4O5/c1-14(2)11-17(24)21(29)25-13-19(28)27-20(15(3)4)22(30)26-18(23(31)32-5)12-16-9-7-6-8-10-16/h6-10,14-15,17-18,20H,11-13,24H2,1-5H3,(H,25,29)(H,26,30)(H,27,28)/t17-,18-,20-/m0/s1. The summed E-state index contributed by atoms with van der Waals surface area (Å²) in [5, 5.41) is 7.78. The summed E-state index contributed by atoms with van der Waals surface area (Å²) >= 11 is 0. The number of esters is 1. The SMILES string of the molecule is COC(=O)[C@H](Cc1ccccc1)NC(=O)[C@@H](NC(=O)CNC(=O)[C@@H](N)CC(C)C)C(C)C. The molecule has 0 aliphatic rings. The third-order valence-electron chi connectivity index (χ3n) is 4.84. The van der Waals surface area contributed by atoms with Crippen LogP contribution in [0.15, 0.2) is 30.3 Å². The number of nitrogens with one attached hydrogen (secondary N) is 3. The number of carbonyl (C=O) groups excluding carboxylic acids is 4. The van der Waals surface area contributed by atoms with Crippen molar-refractivity contribution in [1.29, 1.82) is 0 Å². The van der Waals surface area contributed by atoms with Crippen LogP contribution in [0, 0.1) is 11.8 Å². The summed E-state index contributed by atoms with van der Waals surface area (Å²) in [6.45, 7) is 7.14. The van der Waals surface area contributed by atoms with Crippen LogP contribution in [0.4, 0.5) is 0 Å². The van der Waals surface area contributed by atoms with Crippen molar-refractivity contribution in [1.82, 2.24) is 16.0 Å². The van der Waals surface area contributed by atoms with Gasteiger partial charge in [-0.3, -0.25) is 14.4 Å². The van der Waals surface area contributed by atoms with Gasteiger partial charge >= 0.3 is 5.97 Å². The van der Waals surface area contributed by atoms with E-state index in [0.29, 0.717) is 6.42 Å². The second-order valence-electron chi connectivity index (χ2n) is 8.52. The van der Waals surface area contributed by atoms with Crippen LogP contribution in [0.5, 0.6) is 0 Å². The first-order chi connectivity index (χ1) is 15.0. The van der Waals surface area contributed by atoms with E-state index in [0.717, 1.165) is 5.56 Å². The highest BCUT2D eigenvalue weighted by Crippen LogP contribution is 2.08. The number of amides is 3. The Morgan fingerprint density at radius 1 is 0.969 bits per heavy atom. The number of ether oxygens (including phenoxy) is 1. The molecule has 32 heavy (non-hydrogen) atoms. The average Bonchev–Trinajstić information content (AvgIpc) is 2.74. The maximum Gasteiger partial charge on any atom is 0.328 e. The minimum absolute atomic E-state index is 0.247. The van der Waals surface area contributed by atoms with Crippen LogP contribution in [-0.2, 0) is 30.3 Å². The maximum absolute atomic E-state index is 12.9. The predicted molar refractivity (Wildman–Crippen MR) is 121 cm³/mol. The minimum atomic E-state index is -0.901. The molecule has 0 bridgehead atoms. The molecule has 9 nitrogen and oxygen atoms in total. The van der Waals surface area contributed by atoms with E-state index in [1.165, 1.54) is 7.11 Å². The summed E-state index contributed by atoms with van der Waals surface area (Å²) in [5.74, 6) is -2.05. The van der Waals surface area contributed by atoms with Gasteiger partial charge in [-0.15, -0.1) is 0 Å². The van der Waals surface area contributed by atoms with Crippen molar-refractivity contribution >= 4 is 23.7 Å². The van der Waals surface area contributed by atoms with Gasteiger partial charge in [-0.25, -0.2) is 4.79 Å². The lowest BCUT2D eigenvalue weighted by atomic mass is 10.0. The lowest BCUT2D eigenvalue weighted by Crippen LogP contribution is -2.56. The molecule has 0 aromatic heterocycles. The van der Waals surface area contributed by atoms with Gasteiger partial charge in [0.2, 0.25) is 17.7 Å². The second kappa shape index (κ2) is 13.5. The number of rotatable bonds is 12. The zero-order valence-electron chi connectivity index (χ0n) is 19.5. The van der Waals surface area contributed by atoms with E-state index in [2.05, 4.69) is 16.0 Å². The fourth-order valence-electron chi connectivity index (χ4n) is 3.12. The van der Waals surface area contributed by atoms with E-state index >= 15 is 0 Å². The van der Waals surface area contributed by atoms with E-state index in [1.54, 1.807) is 13.8 Å². The number of benzene rings is 1. The second-order valence-corrected chi connectivity index (χ2v) is 8.52. The Balaban J connectivity index is 2.73. The van der Waals surface area contributed by atoms with Crippen molar-refractivity contribution in [2.24, 2.45) is 17.6 Å². The van der Waals surface area contributed by atoms with Crippen molar-refractivity contribution in [2.75, 3.05) is 13.7 Å². The third-order valence-corrected chi connectivity index (χ3v) is 4.84. The topological polar surface area (TPSA) is 140 Å². The predicted octanol–water partition coefficient (Wildman–Crippen LogP) is 0.517. The normalized spacial score (nSPS) is 13.8. The van der Waals surface area contributed by atoms with Crippen LogP contribution in [-0.4, -0.2) is 55.5 Å². The number of carbonyl (C=O) groups is 4. The zero-order chi connectivity index (χ0) is 24.3. The van der Waals surface area contributed by atoms with Crippen molar-refractivity contribution in [2.45, 2.75) is 58.7 Å². The molecule has 3 atom stereocenters. The Kier molecular flexibility index (Phi) is 11.4. The molecule has 178 valence electrons. The molecule has 9 heteroatoms. The molecule has 5 N–H and O–H groups in total. The Labute approximate surface area is 189 Å². The summed E-state index contributed by atoms with van der Waals surface area (Å²) in [7, 11) is 1.25. The molecular weight excluding hydrogens is 412 g/mol. The van der Waals surface area contributed by atoms with E-state index in [-0.39, 0.29) is 24.8 Å². The number of nitrogens with two attached hydrogens (primary N) is 1. The third kappa shape index (κ3) is 9.47. The van der Waals surface area contributed by atoms with Crippen molar-refractivity contribution in [3.63, 3.8) is 0 Å². The van der Waals surface area contributed by atoms with E-state index in [9.17, 15) is 19.2 Å². The van der Waals surface area contributed by atoms with Gasteiger partial charge in [0.05, 0.1) is 19.7 Å². The smallest absolute Gasteiger partial charge is 0.328 e. The fraction of sp³-hybridized carbons (Fsp3) is 0.565. The van der Waals surface area contributed by atoms with Crippen molar-refractivity contribution in [3.8, 4) is 0 Å².